The first kappa shape index (κ1) is 15.0. The normalized spacial score (nSPS) is 15.8. The van der Waals surface area contributed by atoms with Crippen LogP contribution in [0.3, 0.4) is 0 Å². The van der Waals surface area contributed by atoms with Crippen molar-refractivity contribution in [3.05, 3.63) is 71.6 Å². The van der Waals surface area contributed by atoms with E-state index in [1.54, 1.807) is 24.3 Å². The van der Waals surface area contributed by atoms with Gasteiger partial charge in [0.15, 0.2) is 6.10 Å². The van der Waals surface area contributed by atoms with Crippen LogP contribution in [0.5, 0.6) is 5.75 Å². The maximum absolute atomic E-state index is 12.6. The molecule has 122 valence electrons. The number of Topliss-reactive ketones (excluding diaryl/α,β-unsaturated/α-hetero) is 1. The lowest BCUT2D eigenvalue weighted by molar-refractivity contribution is 0.0360. The van der Waals surface area contributed by atoms with E-state index in [4.69, 9.17) is 4.74 Å². The van der Waals surface area contributed by atoms with Crippen molar-refractivity contribution in [1.29, 1.82) is 0 Å². The molecule has 0 aliphatic heterocycles. The van der Waals surface area contributed by atoms with Crippen LogP contribution in [0, 0.1) is 0 Å². The van der Waals surface area contributed by atoms with Crippen LogP contribution < -0.4 is 0 Å². The highest BCUT2D eigenvalue weighted by Crippen LogP contribution is 2.23. The number of hydrogen-bond donors (Lipinski definition) is 1. The Balaban J connectivity index is 1.65. The van der Waals surface area contributed by atoms with Gasteiger partial charge in [-0.25, -0.2) is 14.8 Å². The van der Waals surface area contributed by atoms with Gasteiger partial charge in [0.2, 0.25) is 5.78 Å². The summed E-state index contributed by atoms with van der Waals surface area (Å²) in [5.74, 6) is -1.43. The molecule has 25 heavy (non-hydrogen) atoms. The number of para-hydroxylation sites is 3. The van der Waals surface area contributed by atoms with Crippen molar-refractivity contribution in [2.24, 2.45) is 0 Å². The third kappa shape index (κ3) is 2.63. The monoisotopic (exact) mass is 332 g/mol. The second-order valence-electron chi connectivity index (χ2n) is 5.51. The largest absolute Gasteiger partial charge is 0.507 e. The lowest BCUT2D eigenvalue weighted by atomic mass is 10.0. The molecule has 6 heteroatoms. The molecule has 6 nitrogen and oxygen atoms in total. The Hall–Kier alpha value is -3.54. The van der Waals surface area contributed by atoms with Gasteiger partial charge in [-0.2, -0.15) is 0 Å². The van der Waals surface area contributed by atoms with Crippen molar-refractivity contribution in [2.45, 2.75) is 6.10 Å². The van der Waals surface area contributed by atoms with E-state index in [0.717, 1.165) is 0 Å². The van der Waals surface area contributed by atoms with Gasteiger partial charge in [-0.05, 0) is 36.4 Å². The zero-order valence-electron chi connectivity index (χ0n) is 12.9. The molecule has 1 aliphatic rings. The molecule has 1 atom stereocenters. The number of carbonyl (C=O) groups excluding carboxylic acids is 2. The van der Waals surface area contributed by atoms with E-state index < -0.39 is 17.9 Å². The summed E-state index contributed by atoms with van der Waals surface area (Å²) in [5.41, 5.74) is 1.88. The molecule has 1 aromatic heterocycles. The number of rotatable bonds is 2. The van der Waals surface area contributed by atoms with Crippen molar-refractivity contribution >= 4 is 28.9 Å². The molecule has 1 aliphatic carbocycles. The summed E-state index contributed by atoms with van der Waals surface area (Å²) in [6.07, 6.45) is 1.97. The molecular formula is C19H12N2O4. The predicted octanol–water partition coefficient (Wildman–Crippen LogP) is 2.77. The number of ketones is 1. The Morgan fingerprint density at radius 3 is 2.44 bits per heavy atom. The van der Waals surface area contributed by atoms with E-state index in [2.05, 4.69) is 9.97 Å². The van der Waals surface area contributed by atoms with Gasteiger partial charge in [-0.15, -0.1) is 0 Å². The molecule has 0 fully saturated rings. The standard InChI is InChI=1S/C19H12N2O4/c22-15-8-4-1-5-11(15)19(24)25-16-10-9-14-17(18(16)23)21-13-7-3-2-6-12(13)20-14/h1-10,16,22H. The van der Waals surface area contributed by atoms with Crippen LogP contribution in [0.15, 0.2) is 54.6 Å². The van der Waals surface area contributed by atoms with Gasteiger partial charge in [0, 0.05) is 0 Å². The van der Waals surface area contributed by atoms with Crippen LogP contribution in [0.25, 0.3) is 17.1 Å². The average molecular weight is 332 g/mol. The summed E-state index contributed by atoms with van der Waals surface area (Å²) in [6, 6.07) is 13.2. The second kappa shape index (κ2) is 5.83. The van der Waals surface area contributed by atoms with Gasteiger partial charge in [-0.1, -0.05) is 24.3 Å². The first-order valence-electron chi connectivity index (χ1n) is 7.61. The molecule has 1 N–H and O–H groups in total. The SMILES string of the molecule is O=C(OC1C=Cc2nc3ccccc3nc2C1=O)c1ccccc1O. The van der Waals surface area contributed by atoms with Crippen LogP contribution in [0.1, 0.15) is 26.5 Å². The maximum atomic E-state index is 12.6. The molecule has 1 heterocycles. The van der Waals surface area contributed by atoms with Crippen molar-refractivity contribution in [3.8, 4) is 5.75 Å². The first-order valence-corrected chi connectivity index (χ1v) is 7.61. The highest BCUT2D eigenvalue weighted by molar-refractivity contribution is 6.06. The van der Waals surface area contributed by atoms with Crippen molar-refractivity contribution in [1.82, 2.24) is 9.97 Å². The van der Waals surface area contributed by atoms with Crippen LogP contribution in [0.4, 0.5) is 0 Å². The van der Waals surface area contributed by atoms with Crippen LogP contribution in [0.2, 0.25) is 0 Å². The molecule has 1 unspecified atom stereocenters. The van der Waals surface area contributed by atoms with Gasteiger partial charge >= 0.3 is 5.97 Å². The van der Waals surface area contributed by atoms with E-state index in [1.807, 2.05) is 18.2 Å². The minimum absolute atomic E-state index is 0.000840. The summed E-state index contributed by atoms with van der Waals surface area (Å²) in [4.78, 5) is 33.6. The lowest BCUT2D eigenvalue weighted by Gasteiger charge is -2.18. The summed E-state index contributed by atoms with van der Waals surface area (Å²) >= 11 is 0. The second-order valence-corrected chi connectivity index (χ2v) is 5.51. The molecule has 2 aromatic carbocycles. The van der Waals surface area contributed by atoms with Crippen molar-refractivity contribution in [3.63, 3.8) is 0 Å². The fourth-order valence-corrected chi connectivity index (χ4v) is 2.63. The average Bonchev–Trinajstić information content (AvgIpc) is 2.63. The van der Waals surface area contributed by atoms with Gasteiger partial charge in [0.25, 0.3) is 0 Å². The molecule has 0 radical (unpaired) electrons. The summed E-state index contributed by atoms with van der Waals surface area (Å²) < 4.78 is 5.24. The molecular weight excluding hydrogens is 320 g/mol. The quantitative estimate of drug-likeness (QED) is 0.726. The fraction of sp³-hybridized carbons (Fsp3) is 0.0526. The molecule has 0 amide bonds. The number of esters is 1. The van der Waals surface area contributed by atoms with E-state index in [1.165, 1.54) is 18.2 Å². The number of hydrogen-bond acceptors (Lipinski definition) is 6. The number of phenolic OH excluding ortho intramolecular Hbond substituents is 1. The fourth-order valence-electron chi connectivity index (χ4n) is 2.63. The Kier molecular flexibility index (Phi) is 3.50. The van der Waals surface area contributed by atoms with Crippen molar-refractivity contribution in [2.75, 3.05) is 0 Å². The third-order valence-electron chi connectivity index (χ3n) is 3.88. The molecule has 0 spiro atoms. The highest BCUT2D eigenvalue weighted by Gasteiger charge is 2.30. The lowest BCUT2D eigenvalue weighted by Crippen LogP contribution is -2.29. The number of aromatic hydroxyl groups is 1. The van der Waals surface area contributed by atoms with Crippen LogP contribution >= 0.6 is 0 Å². The number of phenols is 1. The van der Waals surface area contributed by atoms with E-state index >= 15 is 0 Å². The number of nitrogens with zero attached hydrogens (tertiary/aromatic N) is 2. The molecule has 4 rings (SSSR count). The number of aromatic nitrogens is 2. The van der Waals surface area contributed by atoms with E-state index in [0.29, 0.717) is 16.7 Å². The number of fused-ring (bicyclic) bond motifs is 2. The van der Waals surface area contributed by atoms with Crippen LogP contribution in [-0.2, 0) is 4.74 Å². The topological polar surface area (TPSA) is 89.4 Å². The highest BCUT2D eigenvalue weighted by atomic mass is 16.5. The van der Waals surface area contributed by atoms with Crippen molar-refractivity contribution < 1.29 is 19.4 Å². The van der Waals surface area contributed by atoms with Gasteiger partial charge in [0.05, 0.1) is 16.7 Å². The van der Waals surface area contributed by atoms with E-state index in [-0.39, 0.29) is 17.0 Å². The summed E-state index contributed by atoms with van der Waals surface area (Å²) in [5, 5.41) is 9.73. The number of carbonyl (C=O) groups is 2. The Labute approximate surface area is 142 Å². The third-order valence-corrected chi connectivity index (χ3v) is 3.88. The Bertz CT molecular complexity index is 1040. The molecule has 0 bridgehead atoms. The Morgan fingerprint density at radius 1 is 1.00 bits per heavy atom. The number of benzene rings is 2. The minimum atomic E-state index is -1.10. The molecule has 0 saturated carbocycles. The minimum Gasteiger partial charge on any atom is -0.507 e. The Morgan fingerprint density at radius 2 is 1.68 bits per heavy atom. The summed E-state index contributed by atoms with van der Waals surface area (Å²) in [6.45, 7) is 0. The van der Waals surface area contributed by atoms with E-state index in [9.17, 15) is 14.7 Å². The zero-order valence-corrected chi connectivity index (χ0v) is 12.9. The molecule has 3 aromatic rings. The smallest absolute Gasteiger partial charge is 0.342 e. The predicted molar refractivity (Wildman–Crippen MR) is 90.2 cm³/mol. The molecule has 0 saturated heterocycles. The first-order chi connectivity index (χ1) is 12.1. The maximum Gasteiger partial charge on any atom is 0.342 e. The number of ether oxygens (including phenoxy) is 1. The van der Waals surface area contributed by atoms with Gasteiger partial charge in [-0.3, -0.25) is 4.79 Å². The summed E-state index contributed by atoms with van der Waals surface area (Å²) in [7, 11) is 0. The van der Waals surface area contributed by atoms with Crippen LogP contribution in [-0.4, -0.2) is 32.9 Å². The van der Waals surface area contributed by atoms with Gasteiger partial charge in [0.1, 0.15) is 17.0 Å². The van der Waals surface area contributed by atoms with Gasteiger partial charge < -0.3 is 9.84 Å². The zero-order chi connectivity index (χ0) is 17.4.